The van der Waals surface area contributed by atoms with Crippen LogP contribution in [0.5, 0.6) is 0 Å². The highest BCUT2D eigenvalue weighted by atomic mass is 28.3. The second-order valence-electron chi connectivity index (χ2n) is 24.6. The SMILES string of the molecule is CC(C)(C)c1ccc(N2c3ccc(C(C)(C)C)cc3B3c4cc5c(cc4N(c4ccc(C(C)(C)C)cc4)c4cc(N(c6ccccc6)c6ccccc6)cc2c43)[Si](c2ccccc2)(c2ccccc2)c2ccccc2-5)cc1. The minimum Gasteiger partial charge on any atom is -0.311 e. The normalized spacial score (nSPS) is 14.1. The van der Waals surface area contributed by atoms with E-state index in [9.17, 15) is 0 Å². The summed E-state index contributed by atoms with van der Waals surface area (Å²) < 4.78 is 0. The van der Waals surface area contributed by atoms with E-state index >= 15 is 0 Å². The van der Waals surface area contributed by atoms with Gasteiger partial charge in [-0.05, 0) is 154 Å². The van der Waals surface area contributed by atoms with E-state index in [1.165, 1.54) is 87.7 Å². The summed E-state index contributed by atoms with van der Waals surface area (Å²) in [6.45, 7) is 20.8. The van der Waals surface area contributed by atoms with E-state index in [0.717, 1.165) is 28.4 Å². The van der Waals surface area contributed by atoms with Crippen LogP contribution in [0.25, 0.3) is 11.1 Å². The monoisotopic (exact) mass is 1010 g/mol. The lowest BCUT2D eigenvalue weighted by Gasteiger charge is -2.46. The van der Waals surface area contributed by atoms with Crippen LogP contribution in [0, 0.1) is 0 Å². The standard InChI is InChI=1S/C72H66BN3Si/c1-70(2,3)49-34-39-54(40-35-49)75-63-43-38-51(72(7,8)9)44-61(63)73-62-47-60-59-32-22-23-33-67(59)77(57-28-18-12-19-29-57,58-30-20-13-21-31-58)68(60)48-64(62)76(55-41-36-50(37-42-55)71(4,5)6)66-46-56(45-65(75)69(66)73)74(52-24-14-10-15-25-52)53-26-16-11-17-27-53/h10-48H,1-9H3. The Bertz CT molecular complexity index is 3780. The van der Waals surface area contributed by atoms with Crippen LogP contribution in [0.3, 0.4) is 0 Å². The second-order valence-corrected chi connectivity index (χ2v) is 28.3. The van der Waals surface area contributed by atoms with Gasteiger partial charge >= 0.3 is 0 Å². The van der Waals surface area contributed by atoms with E-state index in [0.29, 0.717) is 0 Å². The Kier molecular flexibility index (Phi) is 11.3. The molecule has 3 aliphatic rings. The molecule has 0 saturated carbocycles. The van der Waals surface area contributed by atoms with Crippen molar-refractivity contribution in [3.63, 3.8) is 0 Å². The van der Waals surface area contributed by atoms with Crippen LogP contribution >= 0.6 is 0 Å². The van der Waals surface area contributed by atoms with Gasteiger partial charge in [-0.2, -0.15) is 0 Å². The van der Waals surface area contributed by atoms with E-state index in [-0.39, 0.29) is 23.0 Å². The van der Waals surface area contributed by atoms with Crippen LogP contribution in [0.4, 0.5) is 51.2 Å². The summed E-state index contributed by atoms with van der Waals surface area (Å²) in [6, 6.07) is 90.7. The number of para-hydroxylation sites is 2. The third kappa shape index (κ3) is 7.84. The zero-order chi connectivity index (χ0) is 53.0. The third-order valence-electron chi connectivity index (χ3n) is 16.8. The Morgan fingerprint density at radius 1 is 0.338 bits per heavy atom. The van der Waals surface area contributed by atoms with Gasteiger partial charge in [0.2, 0.25) is 0 Å². The van der Waals surface area contributed by atoms with Crippen molar-refractivity contribution in [2.75, 3.05) is 14.7 Å². The Morgan fingerprint density at radius 2 is 0.766 bits per heavy atom. The topological polar surface area (TPSA) is 9.72 Å². The van der Waals surface area contributed by atoms with Crippen LogP contribution in [-0.2, 0) is 16.2 Å². The lowest BCUT2D eigenvalue weighted by Crippen LogP contribution is -2.73. The molecular weight excluding hydrogens is 946 g/mol. The summed E-state index contributed by atoms with van der Waals surface area (Å²) in [5.41, 5.74) is 20.9. The molecule has 0 aliphatic carbocycles. The molecule has 0 N–H and O–H groups in total. The molecule has 10 aromatic carbocycles. The molecule has 3 heterocycles. The molecule has 0 fully saturated rings. The smallest absolute Gasteiger partial charge is 0.252 e. The molecule has 0 radical (unpaired) electrons. The van der Waals surface area contributed by atoms with Crippen molar-refractivity contribution in [1.82, 2.24) is 0 Å². The molecular formula is C72H66BN3Si. The molecule has 10 aromatic rings. The van der Waals surface area contributed by atoms with Gasteiger partial charge in [-0.25, -0.2) is 0 Å². The summed E-state index contributed by atoms with van der Waals surface area (Å²) in [7, 11) is -2.91. The summed E-state index contributed by atoms with van der Waals surface area (Å²) in [4.78, 5) is 7.68. The van der Waals surface area contributed by atoms with E-state index in [1.807, 2.05) is 0 Å². The maximum absolute atomic E-state index is 2.91. The highest BCUT2D eigenvalue weighted by Crippen LogP contribution is 2.49. The van der Waals surface area contributed by atoms with Crippen molar-refractivity contribution in [2.24, 2.45) is 0 Å². The molecule has 3 aliphatic heterocycles. The Labute approximate surface area is 458 Å². The van der Waals surface area contributed by atoms with Crippen molar-refractivity contribution in [2.45, 2.75) is 78.6 Å². The minimum atomic E-state index is -2.91. The number of nitrogens with zero attached hydrogens (tertiary/aromatic N) is 3. The Balaban J connectivity index is 1.19. The van der Waals surface area contributed by atoms with E-state index in [4.69, 9.17) is 0 Å². The molecule has 77 heavy (non-hydrogen) atoms. The third-order valence-corrected chi connectivity index (χ3v) is 21.6. The number of benzene rings is 10. The van der Waals surface area contributed by atoms with Gasteiger partial charge in [0.05, 0.1) is 5.69 Å². The quantitative estimate of drug-likeness (QED) is 0.147. The molecule has 0 spiro atoms. The number of hydrogen-bond donors (Lipinski definition) is 0. The molecule has 13 rings (SSSR count). The Hall–Kier alpha value is -8.12. The van der Waals surface area contributed by atoms with Gasteiger partial charge in [-0.1, -0.05) is 226 Å². The van der Waals surface area contributed by atoms with Crippen LogP contribution in [0.2, 0.25) is 0 Å². The predicted octanol–water partition coefficient (Wildman–Crippen LogP) is 14.5. The molecule has 0 saturated heterocycles. The molecule has 376 valence electrons. The zero-order valence-electron chi connectivity index (χ0n) is 45.9. The summed E-state index contributed by atoms with van der Waals surface area (Å²) in [5, 5.41) is 5.67. The van der Waals surface area contributed by atoms with Gasteiger partial charge in [0.25, 0.3) is 6.71 Å². The molecule has 0 bridgehead atoms. The molecule has 0 amide bonds. The van der Waals surface area contributed by atoms with Gasteiger partial charge in [0.15, 0.2) is 8.07 Å². The fourth-order valence-electron chi connectivity index (χ4n) is 12.9. The van der Waals surface area contributed by atoms with E-state index < -0.39 is 8.07 Å². The van der Waals surface area contributed by atoms with E-state index in [1.54, 1.807) is 0 Å². The first kappa shape index (κ1) is 48.5. The van der Waals surface area contributed by atoms with Crippen molar-refractivity contribution in [1.29, 1.82) is 0 Å². The summed E-state index contributed by atoms with van der Waals surface area (Å²) >= 11 is 0. The highest BCUT2D eigenvalue weighted by molar-refractivity contribution is 7.22. The highest BCUT2D eigenvalue weighted by Gasteiger charge is 2.52. The number of rotatable bonds is 7. The molecule has 3 nitrogen and oxygen atoms in total. The number of anilines is 9. The van der Waals surface area contributed by atoms with Crippen LogP contribution < -0.4 is 51.8 Å². The van der Waals surface area contributed by atoms with Gasteiger partial charge in [-0.3, -0.25) is 0 Å². The minimum absolute atomic E-state index is 0.00306. The van der Waals surface area contributed by atoms with Crippen molar-refractivity contribution < 1.29 is 0 Å². The molecule has 0 aromatic heterocycles. The average molecular weight is 1010 g/mol. The fourth-order valence-corrected chi connectivity index (χ4v) is 18.1. The number of fused-ring (bicyclic) bond motifs is 7. The van der Waals surface area contributed by atoms with Gasteiger partial charge in [0, 0.05) is 45.5 Å². The molecule has 0 atom stereocenters. The van der Waals surface area contributed by atoms with Crippen molar-refractivity contribution in [3.05, 3.63) is 253 Å². The first-order chi connectivity index (χ1) is 37.1. The largest absolute Gasteiger partial charge is 0.311 e. The summed E-state index contributed by atoms with van der Waals surface area (Å²) in [6.07, 6.45) is 0. The van der Waals surface area contributed by atoms with Crippen molar-refractivity contribution >= 4 is 103 Å². The van der Waals surface area contributed by atoms with Gasteiger partial charge in [0.1, 0.15) is 0 Å². The fraction of sp³-hybridized carbons (Fsp3) is 0.167. The molecule has 0 unspecified atom stereocenters. The lowest BCUT2D eigenvalue weighted by atomic mass is 9.33. The average Bonchev–Trinajstić information content (AvgIpc) is 3.92. The summed E-state index contributed by atoms with van der Waals surface area (Å²) in [5.74, 6) is 0. The maximum Gasteiger partial charge on any atom is 0.252 e. The van der Waals surface area contributed by atoms with Gasteiger partial charge < -0.3 is 14.7 Å². The zero-order valence-corrected chi connectivity index (χ0v) is 46.9. The van der Waals surface area contributed by atoms with Gasteiger partial charge in [-0.15, -0.1) is 0 Å². The molecule has 5 heteroatoms. The van der Waals surface area contributed by atoms with Crippen LogP contribution in [0.1, 0.15) is 79.0 Å². The van der Waals surface area contributed by atoms with Crippen LogP contribution in [-0.4, -0.2) is 14.8 Å². The first-order valence-electron chi connectivity index (χ1n) is 27.5. The van der Waals surface area contributed by atoms with E-state index in [2.05, 4.69) is 314 Å². The first-order valence-corrected chi connectivity index (χ1v) is 29.5. The predicted molar refractivity (Wildman–Crippen MR) is 334 cm³/mol. The maximum atomic E-state index is 2.67. The number of hydrogen-bond acceptors (Lipinski definition) is 3. The Morgan fingerprint density at radius 3 is 1.26 bits per heavy atom. The lowest BCUT2D eigenvalue weighted by molar-refractivity contribution is 0.590. The second kappa shape index (κ2) is 18.0. The van der Waals surface area contributed by atoms with Crippen LogP contribution in [0.15, 0.2) is 237 Å². The van der Waals surface area contributed by atoms with Crippen molar-refractivity contribution in [3.8, 4) is 11.1 Å².